The quantitative estimate of drug-likeness (QED) is 0.545. The Morgan fingerprint density at radius 2 is 2.33 bits per heavy atom. The SMILES string of the molecule is O=C(c1nc(Cl)cs1)N1CCc2[nH]cnc2[C@H]1c1cc2c(F)cccc2o1. The lowest BCUT2D eigenvalue weighted by Gasteiger charge is -2.33. The summed E-state index contributed by atoms with van der Waals surface area (Å²) in [6.07, 6.45) is 2.22. The van der Waals surface area contributed by atoms with Crippen molar-refractivity contribution in [3.05, 3.63) is 69.1 Å². The van der Waals surface area contributed by atoms with Crippen LogP contribution >= 0.6 is 22.9 Å². The van der Waals surface area contributed by atoms with E-state index in [-0.39, 0.29) is 16.9 Å². The molecule has 0 fully saturated rings. The molecular formula is C18H12ClFN4O2S. The number of nitrogens with zero attached hydrogens (tertiary/aromatic N) is 3. The maximum Gasteiger partial charge on any atom is 0.283 e. The third kappa shape index (κ3) is 2.64. The number of hydrogen-bond donors (Lipinski definition) is 1. The van der Waals surface area contributed by atoms with Crippen molar-refractivity contribution in [1.82, 2.24) is 19.9 Å². The molecule has 0 unspecified atom stereocenters. The van der Waals surface area contributed by atoms with Gasteiger partial charge in [-0.3, -0.25) is 4.79 Å². The van der Waals surface area contributed by atoms with Gasteiger partial charge in [0.25, 0.3) is 5.91 Å². The van der Waals surface area contributed by atoms with Gasteiger partial charge in [-0.15, -0.1) is 11.3 Å². The molecule has 1 aliphatic heterocycles. The van der Waals surface area contributed by atoms with Crippen LogP contribution in [0.1, 0.15) is 33.0 Å². The number of aromatic nitrogens is 3. The highest BCUT2D eigenvalue weighted by Gasteiger charge is 2.37. The molecular weight excluding hydrogens is 391 g/mol. The number of aromatic amines is 1. The van der Waals surface area contributed by atoms with Crippen molar-refractivity contribution < 1.29 is 13.6 Å². The predicted molar refractivity (Wildman–Crippen MR) is 98.5 cm³/mol. The second-order valence-electron chi connectivity index (χ2n) is 6.19. The Morgan fingerprint density at radius 3 is 3.11 bits per heavy atom. The maximum absolute atomic E-state index is 14.1. The second-order valence-corrected chi connectivity index (χ2v) is 7.44. The van der Waals surface area contributed by atoms with Crippen LogP contribution in [0.4, 0.5) is 4.39 Å². The average Bonchev–Trinajstić information content (AvgIpc) is 3.39. The zero-order valence-corrected chi connectivity index (χ0v) is 15.4. The summed E-state index contributed by atoms with van der Waals surface area (Å²) in [5.74, 6) is -0.171. The predicted octanol–water partition coefficient (Wildman–Crippen LogP) is 4.19. The van der Waals surface area contributed by atoms with Gasteiger partial charge in [-0.1, -0.05) is 17.7 Å². The number of furan rings is 1. The van der Waals surface area contributed by atoms with E-state index in [0.717, 1.165) is 5.69 Å². The number of thiazole rings is 1. The minimum Gasteiger partial charge on any atom is -0.458 e. The van der Waals surface area contributed by atoms with Gasteiger partial charge in [0.2, 0.25) is 0 Å². The zero-order chi connectivity index (χ0) is 18.5. The summed E-state index contributed by atoms with van der Waals surface area (Å²) in [6, 6.07) is 5.73. The molecule has 1 aliphatic rings. The number of carbonyl (C=O) groups excluding carboxylic acids is 1. The number of halogens is 2. The summed E-state index contributed by atoms with van der Waals surface area (Å²) < 4.78 is 20.0. The molecule has 0 spiro atoms. The molecule has 1 amide bonds. The maximum atomic E-state index is 14.1. The molecule has 4 heterocycles. The van der Waals surface area contributed by atoms with Gasteiger partial charge in [0.1, 0.15) is 28.4 Å². The number of amides is 1. The fraction of sp³-hybridized carbons (Fsp3) is 0.167. The fourth-order valence-electron chi connectivity index (χ4n) is 3.44. The van der Waals surface area contributed by atoms with E-state index in [1.807, 2.05) is 0 Å². The summed E-state index contributed by atoms with van der Waals surface area (Å²) in [4.78, 5) is 26.3. The number of imidazole rings is 1. The number of nitrogens with one attached hydrogen (secondary N) is 1. The van der Waals surface area contributed by atoms with Crippen LogP contribution in [0.2, 0.25) is 5.15 Å². The van der Waals surface area contributed by atoms with E-state index in [2.05, 4.69) is 15.0 Å². The van der Waals surface area contributed by atoms with Crippen LogP contribution in [0.25, 0.3) is 11.0 Å². The third-order valence-electron chi connectivity index (χ3n) is 4.64. The first-order valence-electron chi connectivity index (χ1n) is 8.24. The molecule has 0 radical (unpaired) electrons. The fourth-order valence-corrected chi connectivity index (χ4v) is 4.34. The van der Waals surface area contributed by atoms with Crippen LogP contribution in [0.3, 0.4) is 0 Å². The first-order chi connectivity index (χ1) is 13.1. The van der Waals surface area contributed by atoms with Crippen LogP contribution in [-0.4, -0.2) is 32.3 Å². The summed E-state index contributed by atoms with van der Waals surface area (Å²) >= 11 is 7.07. The van der Waals surface area contributed by atoms with Crippen molar-refractivity contribution in [1.29, 1.82) is 0 Å². The van der Waals surface area contributed by atoms with Crippen molar-refractivity contribution in [3.63, 3.8) is 0 Å². The van der Waals surface area contributed by atoms with Crippen molar-refractivity contribution >= 4 is 39.8 Å². The highest BCUT2D eigenvalue weighted by atomic mass is 35.5. The molecule has 4 aromatic rings. The number of benzene rings is 1. The van der Waals surface area contributed by atoms with E-state index in [1.165, 1.54) is 17.4 Å². The number of carbonyl (C=O) groups is 1. The zero-order valence-electron chi connectivity index (χ0n) is 13.8. The largest absolute Gasteiger partial charge is 0.458 e. The van der Waals surface area contributed by atoms with E-state index < -0.39 is 6.04 Å². The molecule has 0 saturated heterocycles. The summed E-state index contributed by atoms with van der Waals surface area (Å²) in [6.45, 7) is 0.454. The van der Waals surface area contributed by atoms with E-state index in [1.54, 1.807) is 34.8 Å². The first kappa shape index (κ1) is 16.5. The van der Waals surface area contributed by atoms with Gasteiger partial charge in [0.15, 0.2) is 5.01 Å². The Hall–Kier alpha value is -2.71. The Balaban J connectivity index is 1.64. The van der Waals surface area contributed by atoms with Crippen molar-refractivity contribution in [3.8, 4) is 0 Å². The molecule has 1 atom stereocenters. The molecule has 5 rings (SSSR count). The number of rotatable bonds is 2. The van der Waals surface area contributed by atoms with Crippen LogP contribution in [0.15, 0.2) is 40.4 Å². The molecule has 1 aromatic carbocycles. The Labute approximate surface area is 161 Å². The molecule has 1 N–H and O–H groups in total. The normalized spacial score (nSPS) is 16.7. The molecule has 0 bridgehead atoms. The monoisotopic (exact) mass is 402 g/mol. The van der Waals surface area contributed by atoms with Crippen LogP contribution in [-0.2, 0) is 6.42 Å². The highest BCUT2D eigenvalue weighted by molar-refractivity contribution is 7.12. The molecule has 0 saturated carbocycles. The topological polar surface area (TPSA) is 75.0 Å². The van der Waals surface area contributed by atoms with Crippen molar-refractivity contribution in [2.24, 2.45) is 0 Å². The molecule has 27 heavy (non-hydrogen) atoms. The molecule has 0 aliphatic carbocycles. The summed E-state index contributed by atoms with van der Waals surface area (Å²) in [7, 11) is 0. The average molecular weight is 403 g/mol. The summed E-state index contributed by atoms with van der Waals surface area (Å²) in [5, 5.41) is 2.57. The van der Waals surface area contributed by atoms with Gasteiger partial charge >= 0.3 is 0 Å². The van der Waals surface area contributed by atoms with Gasteiger partial charge in [-0.05, 0) is 18.2 Å². The van der Waals surface area contributed by atoms with Gasteiger partial charge in [-0.2, -0.15) is 0 Å². The lowest BCUT2D eigenvalue weighted by atomic mass is 10.00. The second kappa shape index (κ2) is 6.17. The number of fused-ring (bicyclic) bond motifs is 2. The smallest absolute Gasteiger partial charge is 0.283 e. The van der Waals surface area contributed by atoms with Crippen LogP contribution < -0.4 is 0 Å². The Kier molecular flexibility index (Phi) is 3.76. The minimum atomic E-state index is -0.568. The molecule has 136 valence electrons. The molecule has 6 nitrogen and oxygen atoms in total. The lowest BCUT2D eigenvalue weighted by molar-refractivity contribution is 0.0672. The van der Waals surface area contributed by atoms with Gasteiger partial charge in [0.05, 0.1) is 17.4 Å². The van der Waals surface area contributed by atoms with Crippen LogP contribution in [0.5, 0.6) is 0 Å². The van der Waals surface area contributed by atoms with Crippen molar-refractivity contribution in [2.45, 2.75) is 12.5 Å². The van der Waals surface area contributed by atoms with Gasteiger partial charge in [0, 0.05) is 24.0 Å². The standard InChI is InChI=1S/C18H12ClFN4O2S/c19-14-7-27-17(23-14)18(25)24-5-4-11-15(22-8-21-11)16(24)13-6-9-10(20)2-1-3-12(9)26-13/h1-3,6-8,16H,4-5H2,(H,21,22)/t16-/m1/s1. The van der Waals surface area contributed by atoms with Gasteiger partial charge < -0.3 is 14.3 Å². The van der Waals surface area contributed by atoms with Gasteiger partial charge in [-0.25, -0.2) is 14.4 Å². The summed E-state index contributed by atoms with van der Waals surface area (Å²) in [5.41, 5.74) is 2.05. The highest BCUT2D eigenvalue weighted by Crippen LogP contribution is 2.37. The Bertz CT molecular complexity index is 1170. The third-order valence-corrected chi connectivity index (χ3v) is 5.80. The number of H-pyrrole nitrogens is 1. The van der Waals surface area contributed by atoms with Crippen molar-refractivity contribution in [2.75, 3.05) is 6.54 Å². The number of hydrogen-bond acceptors (Lipinski definition) is 5. The van der Waals surface area contributed by atoms with E-state index in [4.69, 9.17) is 16.0 Å². The van der Waals surface area contributed by atoms with E-state index >= 15 is 0 Å². The Morgan fingerprint density at radius 1 is 1.44 bits per heavy atom. The first-order valence-corrected chi connectivity index (χ1v) is 9.49. The molecule has 9 heteroatoms. The molecule has 3 aromatic heterocycles. The lowest BCUT2D eigenvalue weighted by Crippen LogP contribution is -2.40. The van der Waals surface area contributed by atoms with E-state index in [0.29, 0.717) is 40.4 Å². The van der Waals surface area contributed by atoms with Crippen LogP contribution in [0, 0.1) is 5.82 Å². The van der Waals surface area contributed by atoms with E-state index in [9.17, 15) is 9.18 Å². The minimum absolute atomic E-state index is 0.258.